The fourth-order valence-corrected chi connectivity index (χ4v) is 5.74. The molecule has 1 saturated heterocycles. The van der Waals surface area contributed by atoms with E-state index in [0.29, 0.717) is 12.8 Å². The molecule has 1 fully saturated rings. The fourth-order valence-electron chi connectivity index (χ4n) is 5.74. The van der Waals surface area contributed by atoms with Gasteiger partial charge in [0.25, 0.3) is 5.90 Å². The molecule has 6 atom stereocenters. The predicted octanol–water partition coefficient (Wildman–Crippen LogP) is 7.86. The molecular formula is C40H40F3NO8. The number of aryl methyl sites for hydroxylation is 1. The van der Waals surface area contributed by atoms with E-state index in [1.807, 2.05) is 91.0 Å². The number of carbonyl (C=O) groups excluding carboxylic acids is 2. The Morgan fingerprint density at radius 3 is 1.88 bits per heavy atom. The number of halogens is 3. The summed E-state index contributed by atoms with van der Waals surface area (Å²) >= 11 is 0. The Bertz CT molecular complexity index is 1730. The minimum absolute atomic E-state index is 0.000828. The lowest BCUT2D eigenvalue weighted by molar-refractivity contribution is -0.313. The van der Waals surface area contributed by atoms with Crippen LogP contribution in [0.4, 0.5) is 18.9 Å². The topological polar surface area (TPSA) is 102 Å². The maximum Gasteiger partial charge on any atom is 0.468 e. The molecule has 12 heteroatoms. The lowest BCUT2D eigenvalue weighted by Gasteiger charge is -2.46. The molecule has 0 aromatic heterocycles. The lowest BCUT2D eigenvalue weighted by atomic mass is 9.96. The van der Waals surface area contributed by atoms with Gasteiger partial charge in [0.1, 0.15) is 18.8 Å². The number of para-hydroxylation sites is 1. The van der Waals surface area contributed by atoms with Gasteiger partial charge in [0, 0.05) is 13.8 Å². The van der Waals surface area contributed by atoms with Crippen molar-refractivity contribution in [2.45, 2.75) is 76.3 Å². The number of ether oxygens (including phenoxy) is 6. The van der Waals surface area contributed by atoms with Crippen LogP contribution in [0.1, 0.15) is 43.1 Å². The quantitative estimate of drug-likeness (QED) is 0.0738. The third kappa shape index (κ3) is 11.2. The highest BCUT2D eigenvalue weighted by molar-refractivity contribution is 5.84. The Kier molecular flexibility index (Phi) is 13.6. The summed E-state index contributed by atoms with van der Waals surface area (Å²) in [4.78, 5) is 28.5. The summed E-state index contributed by atoms with van der Waals surface area (Å²) in [6.07, 6.45) is -12.1. The van der Waals surface area contributed by atoms with Gasteiger partial charge in [0.05, 0.1) is 18.4 Å². The molecule has 0 spiro atoms. The van der Waals surface area contributed by atoms with Crippen LogP contribution in [-0.4, -0.2) is 61.3 Å². The van der Waals surface area contributed by atoms with Gasteiger partial charge in [0.15, 0.2) is 12.2 Å². The van der Waals surface area contributed by atoms with Crippen molar-refractivity contribution in [3.8, 4) is 0 Å². The van der Waals surface area contributed by atoms with E-state index < -0.39 is 67.4 Å². The SMILES string of the molecule is CC(=O)OC[C@H]1O[C@@H](OC(=Nc2ccccc2)C(F)(F)F)[C@H](OC(CCc2ccccc2)c2ccccc2)[C@@H](OC(C)=O)[C@@H]1OCc1ccccc1. The summed E-state index contributed by atoms with van der Waals surface area (Å²) in [5.41, 5.74) is 2.46. The van der Waals surface area contributed by atoms with Crippen molar-refractivity contribution in [1.29, 1.82) is 0 Å². The van der Waals surface area contributed by atoms with Gasteiger partial charge >= 0.3 is 18.1 Å². The van der Waals surface area contributed by atoms with Gasteiger partial charge in [-0.3, -0.25) is 9.59 Å². The summed E-state index contributed by atoms with van der Waals surface area (Å²) in [6.45, 7) is 1.89. The molecule has 9 nitrogen and oxygen atoms in total. The Hall–Kier alpha value is -5.04. The van der Waals surface area contributed by atoms with Gasteiger partial charge in [-0.25, -0.2) is 4.99 Å². The van der Waals surface area contributed by atoms with E-state index in [4.69, 9.17) is 28.4 Å². The van der Waals surface area contributed by atoms with Crippen LogP contribution in [0.3, 0.4) is 0 Å². The van der Waals surface area contributed by atoms with Crippen LogP contribution >= 0.6 is 0 Å². The van der Waals surface area contributed by atoms with Crippen molar-refractivity contribution >= 4 is 23.5 Å². The Balaban J connectivity index is 1.58. The number of hydrogen-bond donors (Lipinski definition) is 0. The van der Waals surface area contributed by atoms with E-state index >= 15 is 0 Å². The summed E-state index contributed by atoms with van der Waals surface area (Å²) in [6, 6.07) is 35.3. The molecule has 274 valence electrons. The average molecular weight is 720 g/mol. The van der Waals surface area contributed by atoms with Crippen molar-refractivity contribution in [3.63, 3.8) is 0 Å². The Morgan fingerprint density at radius 2 is 1.31 bits per heavy atom. The number of rotatable bonds is 14. The summed E-state index contributed by atoms with van der Waals surface area (Å²) < 4.78 is 79.9. The lowest BCUT2D eigenvalue weighted by Crippen LogP contribution is -2.63. The highest BCUT2D eigenvalue weighted by atomic mass is 19.4. The molecule has 0 aliphatic carbocycles. The Morgan fingerprint density at radius 1 is 0.731 bits per heavy atom. The highest BCUT2D eigenvalue weighted by Crippen LogP contribution is 2.36. The first-order chi connectivity index (χ1) is 25.1. The number of hydrogen-bond acceptors (Lipinski definition) is 9. The van der Waals surface area contributed by atoms with Crippen LogP contribution in [0, 0.1) is 0 Å². The van der Waals surface area contributed by atoms with Crippen molar-refractivity contribution in [2.75, 3.05) is 6.61 Å². The van der Waals surface area contributed by atoms with E-state index in [2.05, 4.69) is 4.99 Å². The zero-order valence-corrected chi connectivity index (χ0v) is 28.7. The molecule has 0 N–H and O–H groups in total. The molecule has 4 aromatic rings. The molecule has 1 unspecified atom stereocenters. The zero-order chi connectivity index (χ0) is 36.9. The minimum atomic E-state index is -5.07. The monoisotopic (exact) mass is 719 g/mol. The number of alkyl halides is 3. The first kappa shape index (κ1) is 38.2. The van der Waals surface area contributed by atoms with Gasteiger partial charge in [-0.1, -0.05) is 109 Å². The highest BCUT2D eigenvalue weighted by Gasteiger charge is 2.54. The molecule has 0 radical (unpaired) electrons. The average Bonchev–Trinajstić information content (AvgIpc) is 3.13. The van der Waals surface area contributed by atoms with Crippen molar-refractivity contribution in [2.24, 2.45) is 4.99 Å². The second kappa shape index (κ2) is 18.5. The number of carbonyl (C=O) groups is 2. The third-order valence-electron chi connectivity index (χ3n) is 8.12. The van der Waals surface area contributed by atoms with E-state index in [1.165, 1.54) is 38.1 Å². The number of nitrogens with zero attached hydrogens (tertiary/aromatic N) is 1. The number of benzene rings is 4. The van der Waals surface area contributed by atoms with Crippen LogP contribution in [0.2, 0.25) is 0 Å². The van der Waals surface area contributed by atoms with Gasteiger partial charge in [0.2, 0.25) is 6.29 Å². The second-order valence-electron chi connectivity index (χ2n) is 12.1. The molecule has 1 aliphatic rings. The van der Waals surface area contributed by atoms with Gasteiger partial charge in [-0.05, 0) is 41.7 Å². The van der Waals surface area contributed by atoms with Crippen molar-refractivity contribution in [1.82, 2.24) is 0 Å². The van der Waals surface area contributed by atoms with Crippen LogP contribution < -0.4 is 0 Å². The molecule has 0 saturated carbocycles. The normalized spacial score (nSPS) is 21.2. The first-order valence-corrected chi connectivity index (χ1v) is 16.8. The molecule has 52 heavy (non-hydrogen) atoms. The molecule has 1 heterocycles. The number of aliphatic imine (C=N–C) groups is 1. The maximum absolute atomic E-state index is 14.6. The fraction of sp³-hybridized carbons (Fsp3) is 0.325. The molecule has 1 aliphatic heterocycles. The van der Waals surface area contributed by atoms with Gasteiger partial charge < -0.3 is 28.4 Å². The summed E-state index contributed by atoms with van der Waals surface area (Å²) in [5.74, 6) is -3.04. The Labute approximate surface area is 300 Å². The zero-order valence-electron chi connectivity index (χ0n) is 28.7. The minimum Gasteiger partial charge on any atom is -0.463 e. The van der Waals surface area contributed by atoms with E-state index in [1.54, 1.807) is 6.07 Å². The maximum atomic E-state index is 14.6. The van der Waals surface area contributed by atoms with E-state index in [9.17, 15) is 22.8 Å². The third-order valence-corrected chi connectivity index (χ3v) is 8.12. The smallest absolute Gasteiger partial charge is 0.463 e. The standard InChI is InChI=1S/C40H40F3NO8/c1-27(45)47-26-34-35(48-25-30-17-9-4-10-18-30)36(49-28(2)46)37(38(51-34)52-39(40(41,42)43)44-32-21-13-6-14-22-32)50-33(31-19-11-5-12-20-31)24-23-29-15-7-3-8-16-29/h3-22,33-38H,23-26H2,1-2H3/t33?,34-,35-,36+,37-,38+/m1/s1. The van der Waals surface area contributed by atoms with Crippen LogP contribution in [0.25, 0.3) is 0 Å². The molecule has 0 amide bonds. The number of esters is 2. The summed E-state index contributed by atoms with van der Waals surface area (Å²) in [7, 11) is 0. The summed E-state index contributed by atoms with van der Waals surface area (Å²) in [5, 5.41) is 0. The van der Waals surface area contributed by atoms with Crippen LogP contribution in [0.15, 0.2) is 126 Å². The van der Waals surface area contributed by atoms with E-state index in [-0.39, 0.29) is 12.3 Å². The largest absolute Gasteiger partial charge is 0.468 e. The van der Waals surface area contributed by atoms with Crippen LogP contribution in [0.5, 0.6) is 0 Å². The van der Waals surface area contributed by atoms with Gasteiger partial charge in [-0.2, -0.15) is 13.2 Å². The van der Waals surface area contributed by atoms with Crippen molar-refractivity contribution in [3.05, 3.63) is 138 Å². The van der Waals surface area contributed by atoms with Crippen molar-refractivity contribution < 1.29 is 51.2 Å². The first-order valence-electron chi connectivity index (χ1n) is 16.8. The predicted molar refractivity (Wildman–Crippen MR) is 185 cm³/mol. The molecular weight excluding hydrogens is 679 g/mol. The second-order valence-corrected chi connectivity index (χ2v) is 12.1. The van der Waals surface area contributed by atoms with Gasteiger partial charge in [-0.15, -0.1) is 0 Å². The van der Waals surface area contributed by atoms with Crippen LogP contribution in [-0.2, 0) is 51.0 Å². The molecule has 5 rings (SSSR count). The molecule has 4 aromatic carbocycles. The molecule has 0 bridgehead atoms. The van der Waals surface area contributed by atoms with E-state index in [0.717, 1.165) is 16.7 Å².